The summed E-state index contributed by atoms with van der Waals surface area (Å²) in [6.45, 7) is 2.83. The Morgan fingerprint density at radius 2 is 2.41 bits per heavy atom. The van der Waals surface area contributed by atoms with Crippen LogP contribution in [0.5, 0.6) is 0 Å². The van der Waals surface area contributed by atoms with E-state index in [0.717, 1.165) is 5.92 Å². The maximum Gasteiger partial charge on any atom is 0.254 e. The maximum absolute atomic E-state index is 11.9. The third kappa shape index (κ3) is 3.09. The van der Waals surface area contributed by atoms with Crippen LogP contribution >= 0.6 is 11.6 Å². The van der Waals surface area contributed by atoms with Crippen LogP contribution in [0.3, 0.4) is 0 Å². The molecule has 0 radical (unpaired) electrons. The van der Waals surface area contributed by atoms with Crippen LogP contribution in [0.25, 0.3) is 0 Å². The molecule has 17 heavy (non-hydrogen) atoms. The van der Waals surface area contributed by atoms with Crippen LogP contribution in [0.4, 0.5) is 5.69 Å². The van der Waals surface area contributed by atoms with Gasteiger partial charge in [0, 0.05) is 6.54 Å². The van der Waals surface area contributed by atoms with E-state index in [1.165, 1.54) is 19.0 Å². The Morgan fingerprint density at radius 3 is 3.06 bits per heavy atom. The average Bonchev–Trinajstić information content (AvgIpc) is 3.12. The summed E-state index contributed by atoms with van der Waals surface area (Å²) in [4.78, 5) is 15.7. The number of carbonyl (C=O) groups is 1. The summed E-state index contributed by atoms with van der Waals surface area (Å²) in [5.41, 5.74) is 6.36. The molecule has 1 aromatic heterocycles. The van der Waals surface area contributed by atoms with Gasteiger partial charge in [0.1, 0.15) is 5.15 Å². The number of nitrogens with two attached hydrogens (primary N) is 1. The van der Waals surface area contributed by atoms with Crippen LogP contribution in [0, 0.1) is 11.8 Å². The van der Waals surface area contributed by atoms with Crippen molar-refractivity contribution < 1.29 is 4.79 Å². The first-order chi connectivity index (χ1) is 8.08. The molecule has 0 saturated heterocycles. The monoisotopic (exact) mass is 253 g/mol. The number of nitrogen functional groups attached to an aromatic ring is 1. The third-order valence-corrected chi connectivity index (χ3v) is 3.42. The van der Waals surface area contributed by atoms with Gasteiger partial charge < -0.3 is 11.1 Å². The minimum Gasteiger partial charge on any atom is -0.397 e. The van der Waals surface area contributed by atoms with Crippen LogP contribution in [-0.2, 0) is 0 Å². The first-order valence-electron chi connectivity index (χ1n) is 5.77. The lowest BCUT2D eigenvalue weighted by Crippen LogP contribution is -2.29. The minimum atomic E-state index is -0.206. The highest BCUT2D eigenvalue weighted by Gasteiger charge is 2.28. The normalized spacial score (nSPS) is 16.6. The largest absolute Gasteiger partial charge is 0.397 e. The number of nitrogens with one attached hydrogen (secondary N) is 1. The molecule has 2 rings (SSSR count). The van der Waals surface area contributed by atoms with E-state index in [-0.39, 0.29) is 11.1 Å². The summed E-state index contributed by atoms with van der Waals surface area (Å²) in [7, 11) is 0. The highest BCUT2D eigenvalue weighted by atomic mass is 35.5. The molecular weight excluding hydrogens is 238 g/mol. The Kier molecular flexibility index (Phi) is 3.52. The molecule has 4 nitrogen and oxygen atoms in total. The molecule has 0 spiro atoms. The van der Waals surface area contributed by atoms with Crippen molar-refractivity contribution in [1.29, 1.82) is 0 Å². The van der Waals surface area contributed by atoms with Gasteiger partial charge in [-0.2, -0.15) is 0 Å². The molecule has 0 aliphatic heterocycles. The average molecular weight is 254 g/mol. The van der Waals surface area contributed by atoms with Crippen LogP contribution in [-0.4, -0.2) is 17.4 Å². The lowest BCUT2D eigenvalue weighted by atomic mass is 10.1. The van der Waals surface area contributed by atoms with E-state index < -0.39 is 0 Å². The first kappa shape index (κ1) is 12.2. The molecule has 0 bridgehead atoms. The number of amides is 1. The summed E-state index contributed by atoms with van der Waals surface area (Å²) in [6, 6.07) is 1.55. The van der Waals surface area contributed by atoms with Crippen molar-refractivity contribution in [2.24, 2.45) is 11.8 Å². The topological polar surface area (TPSA) is 68.0 Å². The van der Waals surface area contributed by atoms with Gasteiger partial charge in [-0.3, -0.25) is 4.79 Å². The zero-order valence-corrected chi connectivity index (χ0v) is 10.5. The molecule has 1 saturated carbocycles. The van der Waals surface area contributed by atoms with Gasteiger partial charge in [-0.25, -0.2) is 4.98 Å². The number of halogens is 1. The number of anilines is 1. The van der Waals surface area contributed by atoms with Crippen LogP contribution in [0.1, 0.15) is 30.1 Å². The molecule has 1 amide bonds. The van der Waals surface area contributed by atoms with Crippen molar-refractivity contribution in [3.05, 3.63) is 23.0 Å². The van der Waals surface area contributed by atoms with Gasteiger partial charge in [0.05, 0.1) is 17.4 Å². The number of aromatic nitrogens is 1. The fourth-order valence-electron chi connectivity index (χ4n) is 1.80. The molecule has 1 heterocycles. The van der Waals surface area contributed by atoms with E-state index in [9.17, 15) is 4.79 Å². The molecule has 1 atom stereocenters. The maximum atomic E-state index is 11.9. The van der Waals surface area contributed by atoms with Crippen LogP contribution in [0.15, 0.2) is 12.3 Å². The second-order valence-electron chi connectivity index (χ2n) is 4.63. The van der Waals surface area contributed by atoms with E-state index in [2.05, 4.69) is 17.2 Å². The summed E-state index contributed by atoms with van der Waals surface area (Å²) in [5, 5.41) is 3.06. The van der Waals surface area contributed by atoms with Gasteiger partial charge >= 0.3 is 0 Å². The molecule has 5 heteroatoms. The highest BCUT2D eigenvalue weighted by Crippen LogP contribution is 2.36. The Hall–Kier alpha value is -1.29. The first-order valence-corrected chi connectivity index (χ1v) is 6.15. The standard InChI is InChI=1S/C12H16ClN3O/c1-7(8-2-3-8)5-16-12(17)10-4-9(14)6-15-11(10)13/h4,6-8H,2-3,5,14H2,1H3,(H,16,17). The summed E-state index contributed by atoms with van der Waals surface area (Å²) >= 11 is 5.85. The van der Waals surface area contributed by atoms with Crippen molar-refractivity contribution >= 4 is 23.2 Å². The van der Waals surface area contributed by atoms with Crippen molar-refractivity contribution in [3.63, 3.8) is 0 Å². The number of rotatable bonds is 4. The van der Waals surface area contributed by atoms with Gasteiger partial charge in [0.2, 0.25) is 0 Å². The zero-order valence-electron chi connectivity index (χ0n) is 9.74. The number of carbonyl (C=O) groups excluding carboxylic acids is 1. The van der Waals surface area contributed by atoms with E-state index >= 15 is 0 Å². The van der Waals surface area contributed by atoms with Crippen molar-refractivity contribution in [2.45, 2.75) is 19.8 Å². The summed E-state index contributed by atoms with van der Waals surface area (Å²) in [6.07, 6.45) is 3.99. The number of hydrogen-bond donors (Lipinski definition) is 2. The fraction of sp³-hybridized carbons (Fsp3) is 0.500. The molecule has 1 aliphatic carbocycles. The highest BCUT2D eigenvalue weighted by molar-refractivity contribution is 6.32. The quantitative estimate of drug-likeness (QED) is 0.808. The molecular formula is C12H16ClN3O. The number of hydrogen-bond acceptors (Lipinski definition) is 3. The van der Waals surface area contributed by atoms with Gasteiger partial charge in [-0.05, 0) is 30.7 Å². The Bertz CT molecular complexity index is 432. The molecule has 1 aliphatic rings. The Labute approximate surface area is 106 Å². The van der Waals surface area contributed by atoms with Gasteiger partial charge in [-0.1, -0.05) is 18.5 Å². The van der Waals surface area contributed by atoms with E-state index in [4.69, 9.17) is 17.3 Å². The van der Waals surface area contributed by atoms with Gasteiger partial charge in [0.25, 0.3) is 5.91 Å². The predicted octanol–water partition coefficient (Wildman–Crippen LogP) is 2.09. The lowest BCUT2D eigenvalue weighted by molar-refractivity contribution is 0.0946. The Balaban J connectivity index is 1.96. The second-order valence-corrected chi connectivity index (χ2v) is 4.99. The van der Waals surface area contributed by atoms with Crippen LogP contribution in [0.2, 0.25) is 5.15 Å². The number of nitrogens with zero attached hydrogens (tertiary/aromatic N) is 1. The number of pyridine rings is 1. The van der Waals surface area contributed by atoms with Crippen molar-refractivity contribution in [2.75, 3.05) is 12.3 Å². The van der Waals surface area contributed by atoms with Gasteiger partial charge in [0.15, 0.2) is 0 Å². The van der Waals surface area contributed by atoms with E-state index in [0.29, 0.717) is 23.7 Å². The molecule has 0 aromatic carbocycles. The molecule has 3 N–H and O–H groups in total. The van der Waals surface area contributed by atoms with Gasteiger partial charge in [-0.15, -0.1) is 0 Å². The summed E-state index contributed by atoms with van der Waals surface area (Å²) in [5.74, 6) is 1.08. The van der Waals surface area contributed by atoms with Crippen molar-refractivity contribution in [1.82, 2.24) is 10.3 Å². The Morgan fingerprint density at radius 1 is 1.71 bits per heavy atom. The molecule has 1 fully saturated rings. The van der Waals surface area contributed by atoms with E-state index in [1.807, 2.05) is 0 Å². The smallest absolute Gasteiger partial charge is 0.254 e. The predicted molar refractivity (Wildman–Crippen MR) is 67.9 cm³/mol. The van der Waals surface area contributed by atoms with Crippen molar-refractivity contribution in [3.8, 4) is 0 Å². The minimum absolute atomic E-state index is 0.191. The second kappa shape index (κ2) is 4.92. The molecule has 1 aromatic rings. The third-order valence-electron chi connectivity index (χ3n) is 3.12. The SMILES string of the molecule is CC(CNC(=O)c1cc(N)cnc1Cl)C1CC1. The zero-order chi connectivity index (χ0) is 12.4. The molecule has 1 unspecified atom stereocenters. The fourth-order valence-corrected chi connectivity index (χ4v) is 1.99. The van der Waals surface area contributed by atoms with Crippen LogP contribution < -0.4 is 11.1 Å². The summed E-state index contributed by atoms with van der Waals surface area (Å²) < 4.78 is 0. The lowest BCUT2D eigenvalue weighted by Gasteiger charge is -2.12. The van der Waals surface area contributed by atoms with E-state index in [1.54, 1.807) is 6.07 Å². The molecule has 92 valence electrons.